The number of rotatable bonds is 3. The summed E-state index contributed by atoms with van der Waals surface area (Å²) in [6, 6.07) is 1.93. The number of aromatic nitrogens is 1. The van der Waals surface area contributed by atoms with Gasteiger partial charge in [-0.05, 0) is 37.2 Å². The van der Waals surface area contributed by atoms with E-state index in [9.17, 15) is 0 Å². The van der Waals surface area contributed by atoms with Crippen LogP contribution in [0.2, 0.25) is 0 Å². The van der Waals surface area contributed by atoms with Crippen molar-refractivity contribution in [1.29, 1.82) is 0 Å². The zero-order valence-corrected chi connectivity index (χ0v) is 10.9. The van der Waals surface area contributed by atoms with Gasteiger partial charge in [0.05, 0.1) is 0 Å². The van der Waals surface area contributed by atoms with Crippen molar-refractivity contribution in [3.05, 3.63) is 17.8 Å². The molecule has 1 aromatic heterocycles. The molecule has 0 bridgehead atoms. The first-order valence-electron chi connectivity index (χ1n) is 6.61. The van der Waals surface area contributed by atoms with E-state index in [1.54, 1.807) is 0 Å². The molecule has 1 aromatic rings. The smallest absolute Gasteiger partial charge is 0.127 e. The van der Waals surface area contributed by atoms with Crippen LogP contribution in [0.3, 0.4) is 0 Å². The third-order valence-electron chi connectivity index (χ3n) is 3.76. The van der Waals surface area contributed by atoms with Crippen LogP contribution in [0.25, 0.3) is 0 Å². The predicted octanol–water partition coefficient (Wildman–Crippen LogP) is 3.21. The fourth-order valence-corrected chi connectivity index (χ4v) is 2.63. The molecule has 1 aliphatic rings. The van der Waals surface area contributed by atoms with E-state index in [0.29, 0.717) is 0 Å². The van der Waals surface area contributed by atoms with E-state index in [2.05, 4.69) is 17.2 Å². The Hall–Kier alpha value is -1.25. The highest BCUT2D eigenvalue weighted by atomic mass is 15.0. The summed E-state index contributed by atoms with van der Waals surface area (Å²) in [5.41, 5.74) is 7.73. The van der Waals surface area contributed by atoms with Crippen LogP contribution in [-0.4, -0.2) is 11.5 Å². The average molecular weight is 233 g/mol. The molecule has 2 rings (SSSR count). The fourth-order valence-electron chi connectivity index (χ4n) is 2.63. The molecule has 0 amide bonds. The van der Waals surface area contributed by atoms with Gasteiger partial charge in [0.1, 0.15) is 5.82 Å². The summed E-state index contributed by atoms with van der Waals surface area (Å²) in [6.07, 6.45) is 7.29. The lowest BCUT2D eigenvalue weighted by Crippen LogP contribution is -2.21. The first-order valence-corrected chi connectivity index (χ1v) is 6.61. The molecular weight excluding hydrogens is 210 g/mol. The van der Waals surface area contributed by atoms with Gasteiger partial charge in [-0.2, -0.15) is 0 Å². The van der Waals surface area contributed by atoms with E-state index in [0.717, 1.165) is 35.4 Å². The summed E-state index contributed by atoms with van der Waals surface area (Å²) in [5, 5.41) is 3.41. The molecule has 0 aromatic carbocycles. The van der Waals surface area contributed by atoms with Crippen molar-refractivity contribution < 1.29 is 0 Å². The lowest BCUT2D eigenvalue weighted by Gasteiger charge is -2.27. The van der Waals surface area contributed by atoms with E-state index in [-0.39, 0.29) is 0 Å². The second-order valence-corrected chi connectivity index (χ2v) is 5.44. The Kier molecular flexibility index (Phi) is 3.87. The van der Waals surface area contributed by atoms with Gasteiger partial charge < -0.3 is 11.1 Å². The van der Waals surface area contributed by atoms with Crippen molar-refractivity contribution in [2.24, 2.45) is 11.8 Å². The van der Waals surface area contributed by atoms with E-state index >= 15 is 0 Å². The minimum Gasteiger partial charge on any atom is -0.398 e. The molecule has 1 heterocycles. The summed E-state index contributed by atoms with van der Waals surface area (Å²) < 4.78 is 0. The van der Waals surface area contributed by atoms with Crippen molar-refractivity contribution in [3.63, 3.8) is 0 Å². The minimum atomic E-state index is 0.795. The largest absolute Gasteiger partial charge is 0.398 e. The van der Waals surface area contributed by atoms with Crippen LogP contribution < -0.4 is 11.1 Å². The maximum Gasteiger partial charge on any atom is 0.127 e. The highest BCUT2D eigenvalue weighted by Crippen LogP contribution is 2.28. The molecule has 3 heteroatoms. The summed E-state index contributed by atoms with van der Waals surface area (Å²) >= 11 is 0. The molecule has 0 saturated heterocycles. The Morgan fingerprint density at radius 2 is 2.29 bits per heavy atom. The van der Waals surface area contributed by atoms with Crippen molar-refractivity contribution in [2.75, 3.05) is 17.6 Å². The van der Waals surface area contributed by atoms with Gasteiger partial charge in [0.2, 0.25) is 0 Å². The van der Waals surface area contributed by atoms with Crippen LogP contribution in [0.5, 0.6) is 0 Å². The number of nitrogens with two attached hydrogens (primary N) is 1. The third kappa shape index (κ3) is 3.35. The van der Waals surface area contributed by atoms with Crippen LogP contribution in [-0.2, 0) is 0 Å². The van der Waals surface area contributed by atoms with Crippen LogP contribution in [0.1, 0.15) is 38.2 Å². The molecule has 94 valence electrons. The van der Waals surface area contributed by atoms with E-state index < -0.39 is 0 Å². The standard InChI is InChI=1S/C14H23N3/c1-10-4-3-5-12(6-10)9-17-14-7-13(15)11(2)8-16-14/h7-8,10,12H,3-6,9H2,1-2H3,(H3,15,16,17). The zero-order chi connectivity index (χ0) is 12.3. The lowest BCUT2D eigenvalue weighted by molar-refractivity contribution is 0.293. The number of nitrogens with zero attached hydrogens (tertiary/aromatic N) is 1. The summed E-state index contributed by atoms with van der Waals surface area (Å²) in [5.74, 6) is 2.58. The summed E-state index contributed by atoms with van der Waals surface area (Å²) in [6.45, 7) is 5.36. The second kappa shape index (κ2) is 5.39. The van der Waals surface area contributed by atoms with E-state index in [4.69, 9.17) is 5.73 Å². The molecule has 17 heavy (non-hydrogen) atoms. The Morgan fingerprint density at radius 1 is 1.47 bits per heavy atom. The van der Waals surface area contributed by atoms with Gasteiger partial charge >= 0.3 is 0 Å². The number of anilines is 2. The quantitative estimate of drug-likeness (QED) is 0.843. The Morgan fingerprint density at radius 3 is 3.00 bits per heavy atom. The van der Waals surface area contributed by atoms with Gasteiger partial charge in [-0.3, -0.25) is 0 Å². The molecule has 0 spiro atoms. The highest BCUT2D eigenvalue weighted by molar-refractivity contribution is 5.53. The van der Waals surface area contributed by atoms with Gasteiger partial charge in [0.25, 0.3) is 0 Å². The Balaban J connectivity index is 1.86. The van der Waals surface area contributed by atoms with Crippen molar-refractivity contribution in [2.45, 2.75) is 39.5 Å². The van der Waals surface area contributed by atoms with E-state index in [1.807, 2.05) is 19.2 Å². The highest BCUT2D eigenvalue weighted by Gasteiger charge is 2.18. The maximum atomic E-state index is 5.87. The van der Waals surface area contributed by atoms with Crippen molar-refractivity contribution in [1.82, 2.24) is 4.98 Å². The van der Waals surface area contributed by atoms with E-state index in [1.165, 1.54) is 25.7 Å². The van der Waals surface area contributed by atoms with Crippen LogP contribution in [0.15, 0.2) is 12.3 Å². The molecule has 0 radical (unpaired) electrons. The second-order valence-electron chi connectivity index (χ2n) is 5.44. The first-order chi connectivity index (χ1) is 8.15. The minimum absolute atomic E-state index is 0.795. The third-order valence-corrected chi connectivity index (χ3v) is 3.76. The maximum absolute atomic E-state index is 5.87. The molecule has 2 unspecified atom stereocenters. The molecule has 1 fully saturated rings. The first kappa shape index (κ1) is 12.2. The van der Waals surface area contributed by atoms with Gasteiger partial charge in [-0.25, -0.2) is 4.98 Å². The van der Waals surface area contributed by atoms with Crippen molar-refractivity contribution >= 4 is 11.5 Å². The molecule has 3 N–H and O–H groups in total. The topological polar surface area (TPSA) is 50.9 Å². The normalized spacial score (nSPS) is 24.6. The molecular formula is C14H23N3. The number of pyridine rings is 1. The van der Waals surface area contributed by atoms with Gasteiger partial charge in [0, 0.05) is 24.5 Å². The molecule has 2 atom stereocenters. The predicted molar refractivity (Wildman–Crippen MR) is 73.0 cm³/mol. The van der Waals surface area contributed by atoms with Gasteiger partial charge in [-0.15, -0.1) is 0 Å². The average Bonchev–Trinajstić information content (AvgIpc) is 2.31. The van der Waals surface area contributed by atoms with Crippen LogP contribution in [0, 0.1) is 18.8 Å². The van der Waals surface area contributed by atoms with Crippen molar-refractivity contribution in [3.8, 4) is 0 Å². The summed E-state index contributed by atoms with van der Waals surface area (Å²) in [7, 11) is 0. The SMILES string of the molecule is Cc1cnc(NCC2CCCC(C)C2)cc1N. The molecule has 1 aliphatic carbocycles. The Bertz CT molecular complexity index is 376. The fraction of sp³-hybridized carbons (Fsp3) is 0.643. The summed E-state index contributed by atoms with van der Waals surface area (Å²) in [4.78, 5) is 4.35. The molecule has 3 nitrogen and oxygen atoms in total. The van der Waals surface area contributed by atoms with Gasteiger partial charge in [-0.1, -0.05) is 19.8 Å². The lowest BCUT2D eigenvalue weighted by atomic mass is 9.82. The number of nitrogen functional groups attached to an aromatic ring is 1. The zero-order valence-electron chi connectivity index (χ0n) is 10.9. The number of hydrogen-bond acceptors (Lipinski definition) is 3. The molecule has 0 aliphatic heterocycles. The monoisotopic (exact) mass is 233 g/mol. The number of nitrogens with one attached hydrogen (secondary N) is 1. The molecule has 1 saturated carbocycles. The Labute approximate surface area is 104 Å². The number of hydrogen-bond donors (Lipinski definition) is 2. The van der Waals surface area contributed by atoms with Gasteiger partial charge in [0.15, 0.2) is 0 Å². The van der Waals surface area contributed by atoms with Crippen LogP contribution >= 0.6 is 0 Å². The number of aryl methyl sites for hydroxylation is 1. The van der Waals surface area contributed by atoms with Crippen LogP contribution in [0.4, 0.5) is 11.5 Å².